The highest BCUT2D eigenvalue weighted by molar-refractivity contribution is 7.17. The average Bonchev–Trinajstić information content (AvgIpc) is 2.93. The van der Waals surface area contributed by atoms with Gasteiger partial charge < -0.3 is 0 Å². The molecule has 0 spiro atoms. The van der Waals surface area contributed by atoms with Crippen LogP contribution in [0.15, 0.2) is 35.7 Å². The molecule has 0 N–H and O–H groups in total. The number of aromatic nitrogens is 2. The third kappa shape index (κ3) is 2.69. The van der Waals surface area contributed by atoms with Crippen molar-refractivity contribution in [3.05, 3.63) is 57.8 Å². The first kappa shape index (κ1) is 14.9. The zero-order valence-electron chi connectivity index (χ0n) is 10.7. The van der Waals surface area contributed by atoms with Crippen LogP contribution in [0, 0.1) is 0 Å². The predicted molar refractivity (Wildman–Crippen MR) is 77.3 cm³/mol. The number of fused-ring (bicyclic) bond motifs is 1. The number of carbonyl (C=O) groups is 1. The van der Waals surface area contributed by atoms with Crippen LogP contribution in [-0.2, 0) is 6.18 Å². The predicted octanol–water partition coefficient (Wildman–Crippen LogP) is 4.59. The van der Waals surface area contributed by atoms with E-state index in [4.69, 9.17) is 11.6 Å². The molecule has 0 bridgehead atoms. The Morgan fingerprint density at radius 3 is 2.41 bits per heavy atom. The third-order valence-electron chi connectivity index (χ3n) is 2.88. The molecule has 0 aliphatic heterocycles. The van der Waals surface area contributed by atoms with Gasteiger partial charge in [0, 0.05) is 10.6 Å². The maximum Gasteiger partial charge on any atom is 0.451 e. The molecule has 0 aliphatic rings. The van der Waals surface area contributed by atoms with Crippen molar-refractivity contribution in [2.24, 2.45) is 0 Å². The van der Waals surface area contributed by atoms with E-state index in [1.807, 2.05) is 0 Å². The minimum atomic E-state index is -4.72. The Kier molecular flexibility index (Phi) is 3.62. The second-order valence-corrected chi connectivity index (χ2v) is 5.72. The quantitative estimate of drug-likeness (QED) is 0.639. The number of thiophene rings is 1. The van der Waals surface area contributed by atoms with Crippen LogP contribution in [0.5, 0.6) is 0 Å². The second kappa shape index (κ2) is 5.33. The molecule has 22 heavy (non-hydrogen) atoms. The van der Waals surface area contributed by atoms with Crippen molar-refractivity contribution in [3.63, 3.8) is 0 Å². The maximum atomic E-state index is 12.9. The summed E-state index contributed by atoms with van der Waals surface area (Å²) >= 11 is 6.86. The Balaban J connectivity index is 2.18. The monoisotopic (exact) mass is 342 g/mol. The fourth-order valence-corrected chi connectivity index (χ4v) is 2.83. The van der Waals surface area contributed by atoms with Gasteiger partial charge in [-0.1, -0.05) is 11.6 Å². The third-order valence-corrected chi connectivity index (χ3v) is 4.04. The van der Waals surface area contributed by atoms with Crippen molar-refractivity contribution in [1.82, 2.24) is 9.97 Å². The number of halogens is 4. The summed E-state index contributed by atoms with van der Waals surface area (Å²) in [6, 6.07) is 7.30. The zero-order valence-corrected chi connectivity index (χ0v) is 12.3. The molecule has 0 unspecified atom stereocenters. The minimum Gasteiger partial charge on any atom is -0.287 e. The van der Waals surface area contributed by atoms with E-state index in [0.29, 0.717) is 9.72 Å². The van der Waals surface area contributed by atoms with Crippen LogP contribution < -0.4 is 0 Å². The molecule has 0 aliphatic carbocycles. The van der Waals surface area contributed by atoms with Gasteiger partial charge in [0.15, 0.2) is 0 Å². The first-order valence-electron chi connectivity index (χ1n) is 5.99. The molecule has 0 fully saturated rings. The number of benzene rings is 1. The SMILES string of the molecule is O=C(c1ccc(Cl)cc1)c1nc(C(F)(F)F)nc2ccsc12. The molecule has 8 heteroatoms. The van der Waals surface area contributed by atoms with Crippen LogP contribution in [0.1, 0.15) is 21.9 Å². The van der Waals surface area contributed by atoms with E-state index in [2.05, 4.69) is 9.97 Å². The molecular formula is C14H6ClF3N2OS. The van der Waals surface area contributed by atoms with Crippen LogP contribution in [0.25, 0.3) is 10.2 Å². The van der Waals surface area contributed by atoms with Gasteiger partial charge in [-0.05, 0) is 35.7 Å². The number of hydrogen-bond donors (Lipinski definition) is 0. The topological polar surface area (TPSA) is 42.9 Å². The molecule has 0 radical (unpaired) electrons. The first-order valence-corrected chi connectivity index (χ1v) is 7.25. The Bertz CT molecular complexity index is 859. The molecule has 1 aromatic carbocycles. The first-order chi connectivity index (χ1) is 10.4. The lowest BCUT2D eigenvalue weighted by atomic mass is 10.1. The Labute approximate surface area is 131 Å². The van der Waals surface area contributed by atoms with E-state index < -0.39 is 17.8 Å². The number of nitrogens with zero attached hydrogens (tertiary/aromatic N) is 2. The fourth-order valence-electron chi connectivity index (χ4n) is 1.88. The van der Waals surface area contributed by atoms with Gasteiger partial charge in [-0.15, -0.1) is 11.3 Å². The summed E-state index contributed by atoms with van der Waals surface area (Å²) < 4.78 is 38.9. The average molecular weight is 343 g/mol. The van der Waals surface area contributed by atoms with Crippen LogP contribution in [0.2, 0.25) is 5.02 Å². The van der Waals surface area contributed by atoms with Crippen molar-refractivity contribution < 1.29 is 18.0 Å². The maximum absolute atomic E-state index is 12.9. The van der Waals surface area contributed by atoms with Crippen molar-refractivity contribution in [2.45, 2.75) is 6.18 Å². The molecule has 3 aromatic rings. The molecule has 0 saturated heterocycles. The van der Waals surface area contributed by atoms with Gasteiger partial charge in [0.1, 0.15) is 5.69 Å². The fraction of sp³-hybridized carbons (Fsp3) is 0.0714. The van der Waals surface area contributed by atoms with Gasteiger partial charge in [0.2, 0.25) is 11.6 Å². The van der Waals surface area contributed by atoms with Crippen molar-refractivity contribution in [3.8, 4) is 0 Å². The van der Waals surface area contributed by atoms with E-state index in [-0.39, 0.29) is 16.8 Å². The Morgan fingerprint density at radius 1 is 1.09 bits per heavy atom. The summed E-state index contributed by atoms with van der Waals surface area (Å²) in [4.78, 5) is 19.3. The normalized spacial score (nSPS) is 11.8. The van der Waals surface area contributed by atoms with Crippen LogP contribution in [-0.4, -0.2) is 15.8 Å². The second-order valence-electron chi connectivity index (χ2n) is 4.36. The lowest BCUT2D eigenvalue weighted by Gasteiger charge is -2.08. The zero-order chi connectivity index (χ0) is 15.9. The molecule has 2 aromatic heterocycles. The van der Waals surface area contributed by atoms with E-state index in [9.17, 15) is 18.0 Å². The lowest BCUT2D eigenvalue weighted by molar-refractivity contribution is -0.144. The molecule has 112 valence electrons. The van der Waals surface area contributed by atoms with Gasteiger partial charge in [-0.3, -0.25) is 4.79 Å². The standard InChI is InChI=1S/C14H6ClF3N2OS/c15-8-3-1-7(2-4-8)11(21)10-12-9(5-6-22-12)19-13(20-10)14(16,17)18/h1-6H. The molecule has 3 rings (SSSR count). The number of carbonyl (C=O) groups excluding carboxylic acids is 1. The number of hydrogen-bond acceptors (Lipinski definition) is 4. The number of rotatable bonds is 2. The van der Waals surface area contributed by atoms with E-state index in [0.717, 1.165) is 11.3 Å². The van der Waals surface area contributed by atoms with Gasteiger partial charge >= 0.3 is 6.18 Å². The van der Waals surface area contributed by atoms with E-state index in [1.165, 1.54) is 30.3 Å². The minimum absolute atomic E-state index is 0.102. The number of alkyl halides is 3. The van der Waals surface area contributed by atoms with Crippen molar-refractivity contribution in [1.29, 1.82) is 0 Å². The molecular weight excluding hydrogens is 337 g/mol. The summed E-state index contributed by atoms with van der Waals surface area (Å²) in [5, 5.41) is 1.99. The Hall–Kier alpha value is -1.99. The molecule has 2 heterocycles. The number of ketones is 1. The van der Waals surface area contributed by atoms with E-state index in [1.54, 1.807) is 5.38 Å². The van der Waals surface area contributed by atoms with Gasteiger partial charge in [0.25, 0.3) is 0 Å². The molecule has 3 nitrogen and oxygen atoms in total. The van der Waals surface area contributed by atoms with Gasteiger partial charge in [-0.2, -0.15) is 13.2 Å². The lowest BCUT2D eigenvalue weighted by Crippen LogP contribution is -2.15. The van der Waals surface area contributed by atoms with Crippen LogP contribution in [0.4, 0.5) is 13.2 Å². The largest absolute Gasteiger partial charge is 0.451 e. The highest BCUT2D eigenvalue weighted by atomic mass is 35.5. The summed E-state index contributed by atoms with van der Waals surface area (Å²) in [5.41, 5.74) is 0.0604. The smallest absolute Gasteiger partial charge is 0.287 e. The van der Waals surface area contributed by atoms with Crippen LogP contribution in [0.3, 0.4) is 0 Å². The van der Waals surface area contributed by atoms with Crippen LogP contribution >= 0.6 is 22.9 Å². The summed E-state index contributed by atoms with van der Waals surface area (Å²) in [7, 11) is 0. The summed E-state index contributed by atoms with van der Waals surface area (Å²) in [5.74, 6) is -1.92. The molecule has 0 saturated carbocycles. The van der Waals surface area contributed by atoms with E-state index >= 15 is 0 Å². The summed E-state index contributed by atoms with van der Waals surface area (Å²) in [6.45, 7) is 0. The molecule has 0 amide bonds. The van der Waals surface area contributed by atoms with Gasteiger partial charge in [0.05, 0.1) is 10.2 Å². The van der Waals surface area contributed by atoms with Gasteiger partial charge in [-0.25, -0.2) is 9.97 Å². The molecule has 0 atom stereocenters. The van der Waals surface area contributed by atoms with Crippen molar-refractivity contribution >= 4 is 38.9 Å². The van der Waals surface area contributed by atoms with Crippen molar-refractivity contribution in [2.75, 3.05) is 0 Å². The summed E-state index contributed by atoms with van der Waals surface area (Å²) in [6.07, 6.45) is -4.72. The Morgan fingerprint density at radius 2 is 1.77 bits per heavy atom. The highest BCUT2D eigenvalue weighted by Gasteiger charge is 2.36. The highest BCUT2D eigenvalue weighted by Crippen LogP contribution is 2.31.